The van der Waals surface area contributed by atoms with Crippen molar-refractivity contribution in [3.63, 3.8) is 0 Å². The number of urea groups is 1. The Labute approximate surface area is 200 Å². The first-order valence-corrected chi connectivity index (χ1v) is 11.0. The lowest BCUT2D eigenvalue weighted by molar-refractivity contribution is -0.171. The molecule has 7 nitrogen and oxygen atoms in total. The second-order valence-electron chi connectivity index (χ2n) is 9.22. The molecule has 0 aromatic carbocycles. The van der Waals surface area contributed by atoms with E-state index in [4.69, 9.17) is 14.0 Å². The number of nitrogens with one attached hydrogen (secondary N) is 1. The molecule has 1 fully saturated rings. The highest BCUT2D eigenvalue weighted by molar-refractivity contribution is 6.63. The molecule has 35 heavy (non-hydrogen) atoms. The van der Waals surface area contributed by atoms with Gasteiger partial charge in [0.15, 0.2) is 0 Å². The molecular formula is C21H30BF6N3O4. The van der Waals surface area contributed by atoms with Crippen molar-refractivity contribution in [2.24, 2.45) is 0 Å². The number of hydrogen-bond acceptors (Lipinski definition) is 5. The summed E-state index contributed by atoms with van der Waals surface area (Å²) in [5.74, 6) is 0.351. The molecule has 0 bridgehead atoms. The lowest BCUT2D eigenvalue weighted by Crippen LogP contribution is -2.51. The van der Waals surface area contributed by atoms with Crippen LogP contribution in [0.25, 0.3) is 0 Å². The second-order valence-corrected chi connectivity index (χ2v) is 9.22. The van der Waals surface area contributed by atoms with E-state index in [-0.39, 0.29) is 13.1 Å². The van der Waals surface area contributed by atoms with Crippen LogP contribution in [-0.4, -0.2) is 66.3 Å². The first-order chi connectivity index (χ1) is 15.9. The van der Waals surface area contributed by atoms with Crippen LogP contribution in [0.5, 0.6) is 5.75 Å². The van der Waals surface area contributed by atoms with E-state index in [1.807, 2.05) is 27.7 Å². The van der Waals surface area contributed by atoms with Crippen molar-refractivity contribution >= 4 is 18.6 Å². The Bertz CT molecular complexity index is 879. The molecule has 1 unspecified atom stereocenters. The number of hydrogen-bond donors (Lipinski definition) is 1. The Hall–Kier alpha value is -2.22. The van der Waals surface area contributed by atoms with Crippen molar-refractivity contribution < 1.29 is 45.2 Å². The number of pyridine rings is 1. The van der Waals surface area contributed by atoms with Gasteiger partial charge in [-0.05, 0) is 47.1 Å². The first-order valence-electron chi connectivity index (χ1n) is 11.0. The maximum atomic E-state index is 13.2. The van der Waals surface area contributed by atoms with Gasteiger partial charge >= 0.3 is 25.5 Å². The molecule has 1 saturated heterocycles. The third kappa shape index (κ3) is 7.39. The number of amides is 2. The summed E-state index contributed by atoms with van der Waals surface area (Å²) in [6.45, 7) is 8.75. The highest BCUT2D eigenvalue weighted by Gasteiger charge is 2.52. The molecule has 1 aliphatic heterocycles. The van der Waals surface area contributed by atoms with E-state index in [9.17, 15) is 31.1 Å². The summed E-state index contributed by atoms with van der Waals surface area (Å²) < 4.78 is 94.4. The average Bonchev–Trinajstić information content (AvgIpc) is 2.94. The summed E-state index contributed by atoms with van der Waals surface area (Å²) in [4.78, 5) is 17.7. The third-order valence-corrected chi connectivity index (χ3v) is 6.11. The zero-order valence-corrected chi connectivity index (χ0v) is 20.4. The molecule has 2 heterocycles. The van der Waals surface area contributed by atoms with Gasteiger partial charge in [0.05, 0.1) is 36.7 Å². The van der Waals surface area contributed by atoms with Gasteiger partial charge in [0.25, 0.3) is 0 Å². The van der Waals surface area contributed by atoms with Gasteiger partial charge in [-0.15, -0.1) is 0 Å². The molecule has 2 rings (SSSR count). The van der Waals surface area contributed by atoms with Gasteiger partial charge in [0, 0.05) is 18.4 Å². The van der Waals surface area contributed by atoms with E-state index in [1.54, 1.807) is 11.4 Å². The Morgan fingerprint density at radius 1 is 1.17 bits per heavy atom. The summed E-state index contributed by atoms with van der Waals surface area (Å²) in [6.07, 6.45) is -11.4. The highest BCUT2D eigenvalue weighted by atomic mass is 19.4. The summed E-state index contributed by atoms with van der Waals surface area (Å²) in [5.41, 5.74) is -0.521. The van der Waals surface area contributed by atoms with Crippen molar-refractivity contribution in [1.29, 1.82) is 0 Å². The molecule has 0 spiro atoms. The monoisotopic (exact) mass is 513 g/mol. The number of alkyl halides is 6. The Morgan fingerprint density at radius 3 is 2.20 bits per heavy atom. The van der Waals surface area contributed by atoms with Crippen molar-refractivity contribution in [3.05, 3.63) is 18.0 Å². The summed E-state index contributed by atoms with van der Waals surface area (Å²) >= 11 is 0. The molecule has 1 aromatic rings. The Kier molecular flexibility index (Phi) is 8.63. The average molecular weight is 513 g/mol. The largest absolute Gasteiger partial charge is 0.498 e. The minimum absolute atomic E-state index is 0.0186. The number of halogens is 6. The minimum Gasteiger partial charge on any atom is -0.496 e. The molecule has 1 N–H and O–H groups in total. The second kappa shape index (κ2) is 10.4. The van der Waals surface area contributed by atoms with Crippen LogP contribution < -0.4 is 15.5 Å². The normalized spacial score (nSPS) is 18.3. The van der Waals surface area contributed by atoms with Gasteiger partial charge < -0.3 is 24.3 Å². The molecule has 14 heteroatoms. The minimum atomic E-state index is -5.04. The van der Waals surface area contributed by atoms with Crippen LogP contribution in [0.2, 0.25) is 0 Å². The number of nitrogens with zero attached hydrogens (tertiary/aromatic N) is 2. The predicted molar refractivity (Wildman–Crippen MR) is 116 cm³/mol. The van der Waals surface area contributed by atoms with Gasteiger partial charge in [0.2, 0.25) is 0 Å². The molecule has 0 aliphatic carbocycles. The third-order valence-electron chi connectivity index (χ3n) is 6.11. The van der Waals surface area contributed by atoms with E-state index in [0.29, 0.717) is 16.9 Å². The Balaban J connectivity index is 2.21. The van der Waals surface area contributed by atoms with Crippen LogP contribution >= 0.6 is 0 Å². The molecule has 2 amide bonds. The van der Waals surface area contributed by atoms with Crippen LogP contribution in [0.3, 0.4) is 0 Å². The smallest absolute Gasteiger partial charge is 0.496 e. The SMILES string of the molecule is CCN(Cc1cc(B2OC(C)(C)C(C)(C)O2)c(OC)cn1)C(=O)NC(CCC(F)(F)F)C(F)(F)F. The van der Waals surface area contributed by atoms with E-state index in [0.717, 1.165) is 4.90 Å². The first kappa shape index (κ1) is 29.0. The standard InChI is InChI=1S/C21H30BF6N3O4/c1-7-31(17(32)30-16(21(26,27)28)8-9-20(23,24)25)12-13-10-14(15(33-6)11-29-13)22-34-18(2,3)19(4,5)35-22/h10-11,16H,7-9,12H2,1-6H3,(H,30,32). The fourth-order valence-electron chi connectivity index (χ4n) is 3.30. The lowest BCUT2D eigenvalue weighted by atomic mass is 9.78. The fraction of sp³-hybridized carbons (Fsp3) is 0.714. The topological polar surface area (TPSA) is 72.9 Å². The molecule has 1 aromatic heterocycles. The number of ether oxygens (including phenoxy) is 1. The number of carbonyl (C=O) groups excluding carboxylic acids is 1. The molecule has 0 saturated carbocycles. The summed E-state index contributed by atoms with van der Waals surface area (Å²) in [6, 6.07) is -2.25. The zero-order valence-electron chi connectivity index (χ0n) is 20.4. The summed E-state index contributed by atoms with van der Waals surface area (Å²) in [5, 5.41) is 1.67. The molecule has 1 atom stereocenters. The predicted octanol–water partition coefficient (Wildman–Crippen LogP) is 4.19. The van der Waals surface area contributed by atoms with Crippen LogP contribution in [0.15, 0.2) is 12.3 Å². The van der Waals surface area contributed by atoms with Gasteiger partial charge in [-0.2, -0.15) is 26.3 Å². The maximum absolute atomic E-state index is 13.2. The lowest BCUT2D eigenvalue weighted by Gasteiger charge is -2.32. The molecule has 0 radical (unpaired) electrons. The van der Waals surface area contributed by atoms with Gasteiger partial charge in [-0.1, -0.05) is 0 Å². The molecule has 1 aliphatic rings. The van der Waals surface area contributed by atoms with Crippen LogP contribution in [0.1, 0.15) is 53.2 Å². The number of aromatic nitrogens is 1. The maximum Gasteiger partial charge on any atom is 0.498 e. The van der Waals surface area contributed by atoms with Crippen molar-refractivity contribution in [1.82, 2.24) is 15.2 Å². The van der Waals surface area contributed by atoms with Crippen molar-refractivity contribution in [2.75, 3.05) is 13.7 Å². The van der Waals surface area contributed by atoms with E-state index < -0.39 is 55.6 Å². The van der Waals surface area contributed by atoms with Crippen LogP contribution in [-0.2, 0) is 15.9 Å². The van der Waals surface area contributed by atoms with Gasteiger partial charge in [0.1, 0.15) is 11.8 Å². The van der Waals surface area contributed by atoms with Crippen molar-refractivity contribution in [2.45, 2.75) is 83.6 Å². The summed E-state index contributed by atoms with van der Waals surface area (Å²) in [7, 11) is 0.604. The van der Waals surface area contributed by atoms with Crippen LogP contribution in [0.4, 0.5) is 31.1 Å². The number of carbonyl (C=O) groups is 1. The van der Waals surface area contributed by atoms with Gasteiger partial charge in [-0.25, -0.2) is 4.79 Å². The Morgan fingerprint density at radius 2 is 1.74 bits per heavy atom. The van der Waals surface area contributed by atoms with Crippen molar-refractivity contribution in [3.8, 4) is 5.75 Å². The zero-order chi connectivity index (χ0) is 26.8. The quantitative estimate of drug-likeness (QED) is 0.417. The van der Waals surface area contributed by atoms with E-state index in [1.165, 1.54) is 20.2 Å². The van der Waals surface area contributed by atoms with Crippen LogP contribution in [0, 0.1) is 0 Å². The highest BCUT2D eigenvalue weighted by Crippen LogP contribution is 2.37. The number of rotatable bonds is 8. The molecule has 198 valence electrons. The van der Waals surface area contributed by atoms with E-state index in [2.05, 4.69) is 4.98 Å². The fourth-order valence-corrected chi connectivity index (χ4v) is 3.30. The van der Waals surface area contributed by atoms with Gasteiger partial charge in [-0.3, -0.25) is 4.98 Å². The van der Waals surface area contributed by atoms with E-state index >= 15 is 0 Å². The number of methoxy groups -OCH3 is 1. The molecular weight excluding hydrogens is 483 g/mol.